The molecule has 0 radical (unpaired) electrons. The number of nitrogens with zero attached hydrogens (tertiary/aromatic N) is 3. The topological polar surface area (TPSA) is 90.1 Å². The van der Waals surface area contributed by atoms with Gasteiger partial charge in [-0.05, 0) is 49.2 Å². The summed E-state index contributed by atoms with van der Waals surface area (Å²) in [5, 5.41) is 6.83. The van der Waals surface area contributed by atoms with Crippen LogP contribution in [0.2, 0.25) is 0 Å². The van der Waals surface area contributed by atoms with Crippen molar-refractivity contribution in [1.82, 2.24) is 15.1 Å². The number of carbonyl (C=O) groups is 1. The fourth-order valence-electron chi connectivity index (χ4n) is 2.84. The summed E-state index contributed by atoms with van der Waals surface area (Å²) in [6, 6.07) is 15.2. The van der Waals surface area contributed by atoms with Crippen molar-refractivity contribution in [3.8, 4) is 5.75 Å². The molecule has 0 unspecified atom stereocenters. The van der Waals surface area contributed by atoms with E-state index in [0.717, 1.165) is 27.4 Å². The number of thioether (sulfide) groups is 1. The van der Waals surface area contributed by atoms with Crippen LogP contribution in [0.15, 0.2) is 57.4 Å². The van der Waals surface area contributed by atoms with Gasteiger partial charge in [-0.25, -0.2) is 4.98 Å². The third-order valence-electron chi connectivity index (χ3n) is 4.52. The van der Waals surface area contributed by atoms with E-state index in [9.17, 15) is 4.79 Å². The van der Waals surface area contributed by atoms with Gasteiger partial charge in [0, 0.05) is 11.6 Å². The van der Waals surface area contributed by atoms with Crippen LogP contribution < -0.4 is 10.1 Å². The summed E-state index contributed by atoms with van der Waals surface area (Å²) in [5.41, 5.74) is 1.68. The van der Waals surface area contributed by atoms with E-state index in [2.05, 4.69) is 20.4 Å². The number of aromatic nitrogens is 3. The first kappa shape index (κ1) is 19.1. The normalized spacial score (nSPS) is 13.5. The molecule has 0 saturated heterocycles. The summed E-state index contributed by atoms with van der Waals surface area (Å²) in [6.07, 6.45) is 2.24. The summed E-state index contributed by atoms with van der Waals surface area (Å²) in [6.45, 7) is 0.251. The zero-order chi connectivity index (χ0) is 20.3. The van der Waals surface area contributed by atoms with Gasteiger partial charge in [-0.15, -0.1) is 11.3 Å². The van der Waals surface area contributed by atoms with Gasteiger partial charge in [-0.1, -0.05) is 29.1 Å². The van der Waals surface area contributed by atoms with Crippen LogP contribution in [0.1, 0.15) is 30.5 Å². The van der Waals surface area contributed by atoms with Gasteiger partial charge in [0.05, 0.1) is 16.0 Å². The van der Waals surface area contributed by atoms with Crippen LogP contribution in [0.5, 0.6) is 5.75 Å². The summed E-state index contributed by atoms with van der Waals surface area (Å²) >= 11 is 3.03. The third kappa shape index (κ3) is 4.63. The Morgan fingerprint density at radius 3 is 2.80 bits per heavy atom. The molecule has 1 saturated carbocycles. The second-order valence-corrected chi connectivity index (χ2v) is 9.17. The highest BCUT2D eigenvalue weighted by molar-refractivity contribution is 8.01. The molecule has 2 aromatic heterocycles. The first-order chi connectivity index (χ1) is 14.7. The SMILES string of the molecule is O=C(CSc1nc2ccccc2s1)Nc1ccc(OCc2noc(C3CC3)n2)cc1. The van der Waals surface area contributed by atoms with Crippen LogP contribution in [0.4, 0.5) is 5.69 Å². The number of thiazole rings is 1. The number of anilines is 1. The highest BCUT2D eigenvalue weighted by Crippen LogP contribution is 2.38. The molecule has 152 valence electrons. The maximum atomic E-state index is 12.2. The molecule has 0 bridgehead atoms. The number of nitrogens with one attached hydrogen (secondary N) is 1. The lowest BCUT2D eigenvalue weighted by atomic mass is 10.3. The molecule has 0 atom stereocenters. The molecule has 2 heterocycles. The molecular formula is C21H18N4O3S2. The smallest absolute Gasteiger partial charge is 0.234 e. The number of amides is 1. The van der Waals surface area contributed by atoms with Crippen molar-refractivity contribution in [3.63, 3.8) is 0 Å². The average molecular weight is 439 g/mol. The van der Waals surface area contributed by atoms with Crippen molar-refractivity contribution >= 4 is 44.9 Å². The number of ether oxygens (including phenoxy) is 1. The molecule has 0 spiro atoms. The average Bonchev–Trinajstić information content (AvgIpc) is 3.35. The van der Waals surface area contributed by atoms with Crippen LogP contribution in [0, 0.1) is 0 Å². The first-order valence-corrected chi connectivity index (χ1v) is 11.4. The molecule has 2 aromatic carbocycles. The standard InChI is InChI=1S/C21H18N4O3S2/c26-19(12-29-21-23-16-3-1-2-4-17(16)30-21)22-14-7-9-15(10-8-14)27-11-18-24-20(28-25-18)13-5-6-13/h1-4,7-10,13H,5-6,11-12H2,(H,22,26). The maximum Gasteiger partial charge on any atom is 0.234 e. The van der Waals surface area contributed by atoms with E-state index in [1.54, 1.807) is 35.6 Å². The quantitative estimate of drug-likeness (QED) is 0.393. The molecule has 1 amide bonds. The molecule has 1 fully saturated rings. The molecule has 1 N–H and O–H groups in total. The predicted octanol–water partition coefficient (Wildman–Crippen LogP) is 4.87. The minimum Gasteiger partial charge on any atom is -0.485 e. The number of benzene rings is 2. The van der Waals surface area contributed by atoms with Crippen molar-refractivity contribution in [2.24, 2.45) is 0 Å². The molecular weight excluding hydrogens is 420 g/mol. The lowest BCUT2D eigenvalue weighted by Crippen LogP contribution is -2.13. The van der Waals surface area contributed by atoms with Gasteiger partial charge in [0.15, 0.2) is 10.9 Å². The van der Waals surface area contributed by atoms with Crippen LogP contribution in [0.3, 0.4) is 0 Å². The minimum absolute atomic E-state index is 0.0765. The van der Waals surface area contributed by atoms with Gasteiger partial charge in [-0.2, -0.15) is 4.98 Å². The van der Waals surface area contributed by atoms with Gasteiger partial charge >= 0.3 is 0 Å². The van der Waals surface area contributed by atoms with Gasteiger partial charge < -0.3 is 14.6 Å². The second kappa shape index (κ2) is 8.45. The predicted molar refractivity (Wildman–Crippen MR) is 116 cm³/mol. The van der Waals surface area contributed by atoms with Crippen LogP contribution in [-0.2, 0) is 11.4 Å². The largest absolute Gasteiger partial charge is 0.485 e. The minimum atomic E-state index is -0.0765. The summed E-state index contributed by atoms with van der Waals surface area (Å²) in [5.74, 6) is 2.58. The van der Waals surface area contributed by atoms with Gasteiger partial charge in [-0.3, -0.25) is 4.79 Å². The van der Waals surface area contributed by atoms with Gasteiger partial charge in [0.1, 0.15) is 5.75 Å². The number of para-hydroxylation sites is 1. The Morgan fingerprint density at radius 1 is 1.17 bits per heavy atom. The van der Waals surface area contributed by atoms with E-state index in [1.165, 1.54) is 11.8 Å². The Labute approximate surface area is 180 Å². The zero-order valence-corrected chi connectivity index (χ0v) is 17.5. The number of hydrogen-bond acceptors (Lipinski definition) is 8. The van der Waals surface area contributed by atoms with E-state index >= 15 is 0 Å². The number of carbonyl (C=O) groups excluding carboxylic acids is 1. The molecule has 1 aliphatic carbocycles. The third-order valence-corrected chi connectivity index (χ3v) is 6.70. The number of hydrogen-bond donors (Lipinski definition) is 1. The Hall–Kier alpha value is -2.91. The molecule has 30 heavy (non-hydrogen) atoms. The Bertz CT molecular complexity index is 1140. The molecule has 7 nitrogen and oxygen atoms in total. The van der Waals surface area contributed by atoms with Crippen LogP contribution >= 0.6 is 23.1 Å². The summed E-state index contributed by atoms with van der Waals surface area (Å²) in [4.78, 5) is 21.1. The highest BCUT2D eigenvalue weighted by atomic mass is 32.2. The van der Waals surface area contributed by atoms with Crippen molar-refractivity contribution in [2.75, 3.05) is 11.1 Å². The first-order valence-electron chi connectivity index (χ1n) is 9.56. The molecule has 4 aromatic rings. The van der Waals surface area contributed by atoms with E-state index in [-0.39, 0.29) is 12.5 Å². The van der Waals surface area contributed by atoms with Gasteiger partial charge in [0.25, 0.3) is 0 Å². The molecule has 0 aliphatic heterocycles. The summed E-state index contributed by atoms with van der Waals surface area (Å²) < 4.78 is 12.9. The Balaban J connectivity index is 1.10. The van der Waals surface area contributed by atoms with E-state index in [1.807, 2.05) is 24.3 Å². The van der Waals surface area contributed by atoms with E-state index in [0.29, 0.717) is 34.8 Å². The lowest BCUT2D eigenvalue weighted by molar-refractivity contribution is -0.113. The van der Waals surface area contributed by atoms with Crippen molar-refractivity contribution in [3.05, 3.63) is 60.2 Å². The van der Waals surface area contributed by atoms with E-state index < -0.39 is 0 Å². The molecule has 9 heteroatoms. The van der Waals surface area contributed by atoms with Gasteiger partial charge in [0.2, 0.25) is 17.6 Å². The van der Waals surface area contributed by atoms with Crippen molar-refractivity contribution in [1.29, 1.82) is 0 Å². The lowest BCUT2D eigenvalue weighted by Gasteiger charge is -2.07. The summed E-state index contributed by atoms with van der Waals surface area (Å²) in [7, 11) is 0. The monoisotopic (exact) mass is 438 g/mol. The second-order valence-electron chi connectivity index (χ2n) is 6.92. The Morgan fingerprint density at radius 2 is 2.00 bits per heavy atom. The number of fused-ring (bicyclic) bond motifs is 1. The number of rotatable bonds is 8. The van der Waals surface area contributed by atoms with Crippen molar-refractivity contribution in [2.45, 2.75) is 29.7 Å². The fraction of sp³-hybridized carbons (Fsp3) is 0.238. The fourth-order valence-corrected chi connectivity index (χ4v) is 4.71. The van der Waals surface area contributed by atoms with Crippen LogP contribution in [-0.4, -0.2) is 26.8 Å². The molecule has 5 rings (SSSR count). The molecule has 1 aliphatic rings. The Kier molecular flexibility index (Phi) is 5.37. The van der Waals surface area contributed by atoms with Crippen LogP contribution in [0.25, 0.3) is 10.2 Å². The maximum absolute atomic E-state index is 12.2. The van der Waals surface area contributed by atoms with E-state index in [4.69, 9.17) is 9.26 Å². The van der Waals surface area contributed by atoms with Crippen molar-refractivity contribution < 1.29 is 14.1 Å². The highest BCUT2D eigenvalue weighted by Gasteiger charge is 2.29. The zero-order valence-electron chi connectivity index (χ0n) is 15.9.